The Labute approximate surface area is 226 Å². The molecule has 40 heavy (non-hydrogen) atoms. The molecule has 218 valence electrons. The molecule has 2 aliphatic heterocycles. The Morgan fingerprint density at radius 2 is 1.27 bits per heavy atom. The topological polar surface area (TPSA) is 239 Å². The summed E-state index contributed by atoms with van der Waals surface area (Å²) < 4.78 is 21.9. The van der Waals surface area contributed by atoms with Gasteiger partial charge in [0, 0.05) is 23.3 Å². The predicted octanol–water partition coefficient (Wildman–Crippen LogP) is -2.17. The van der Waals surface area contributed by atoms with Crippen LogP contribution in [0.1, 0.15) is 15.9 Å². The average Bonchev–Trinajstić information content (AvgIpc) is 2.96. The van der Waals surface area contributed by atoms with Gasteiger partial charge in [-0.3, -0.25) is 14.9 Å². The number of hydrogen-bond donors (Lipinski definition) is 7. The summed E-state index contributed by atoms with van der Waals surface area (Å²) in [5.74, 6) is -0.277. The molecule has 0 bridgehead atoms. The molecular formula is C25H29NO14. The van der Waals surface area contributed by atoms with E-state index in [1.807, 2.05) is 0 Å². The van der Waals surface area contributed by atoms with Crippen LogP contribution in [0.5, 0.6) is 5.75 Å². The molecule has 0 saturated carbocycles. The maximum absolute atomic E-state index is 12.7. The summed E-state index contributed by atoms with van der Waals surface area (Å²) in [6, 6.07) is 10.7. The van der Waals surface area contributed by atoms with Crippen LogP contribution in [0.15, 0.2) is 48.5 Å². The van der Waals surface area contributed by atoms with E-state index in [9.17, 15) is 50.7 Å². The molecule has 0 spiro atoms. The number of nitrogens with zero attached hydrogens (tertiary/aromatic N) is 1. The van der Waals surface area contributed by atoms with Crippen molar-refractivity contribution in [3.8, 4) is 5.75 Å². The molecule has 2 aromatic carbocycles. The predicted molar refractivity (Wildman–Crippen MR) is 130 cm³/mol. The Morgan fingerprint density at radius 3 is 1.82 bits per heavy atom. The minimum absolute atomic E-state index is 0.126. The minimum atomic E-state index is -1.79. The molecule has 15 nitrogen and oxygen atoms in total. The molecule has 2 aliphatic rings. The molecule has 7 N–H and O–H groups in total. The van der Waals surface area contributed by atoms with Crippen molar-refractivity contribution in [2.24, 2.45) is 0 Å². The van der Waals surface area contributed by atoms with Gasteiger partial charge in [0.05, 0.1) is 18.1 Å². The number of hydrogen-bond acceptors (Lipinski definition) is 14. The zero-order valence-corrected chi connectivity index (χ0v) is 20.7. The van der Waals surface area contributed by atoms with Gasteiger partial charge in [0.25, 0.3) is 5.69 Å². The van der Waals surface area contributed by atoms with Crippen LogP contribution in [-0.2, 0) is 14.2 Å². The number of ether oxygens (including phenoxy) is 4. The smallest absolute Gasteiger partial charge is 0.269 e. The summed E-state index contributed by atoms with van der Waals surface area (Å²) in [5, 5.41) is 81.4. The Hall–Kier alpha value is -3.09. The van der Waals surface area contributed by atoms with Crippen molar-refractivity contribution in [1.82, 2.24) is 0 Å². The molecule has 2 heterocycles. The number of aliphatic hydroxyl groups excluding tert-OH is 7. The van der Waals surface area contributed by atoms with Crippen molar-refractivity contribution >= 4 is 11.5 Å². The van der Waals surface area contributed by atoms with Crippen LogP contribution in [0.2, 0.25) is 0 Å². The maximum Gasteiger partial charge on any atom is 0.269 e. The van der Waals surface area contributed by atoms with Crippen molar-refractivity contribution in [2.75, 3.05) is 13.2 Å². The number of carbonyl (C=O) groups is 1. The lowest BCUT2D eigenvalue weighted by Gasteiger charge is -2.45. The molecule has 2 aromatic rings. The quantitative estimate of drug-likeness (QED) is 0.0970. The molecule has 10 atom stereocenters. The largest absolute Gasteiger partial charge is 0.462 e. The van der Waals surface area contributed by atoms with Crippen molar-refractivity contribution in [3.05, 3.63) is 69.8 Å². The van der Waals surface area contributed by atoms with Crippen LogP contribution in [0, 0.1) is 10.1 Å². The van der Waals surface area contributed by atoms with Crippen LogP contribution in [0.3, 0.4) is 0 Å². The van der Waals surface area contributed by atoms with E-state index >= 15 is 0 Å². The van der Waals surface area contributed by atoms with E-state index in [1.54, 1.807) is 0 Å². The van der Waals surface area contributed by atoms with E-state index in [4.69, 9.17) is 18.9 Å². The third-order valence-electron chi connectivity index (χ3n) is 6.67. The fourth-order valence-corrected chi connectivity index (χ4v) is 4.37. The number of nitro benzene ring substituents is 1. The van der Waals surface area contributed by atoms with E-state index in [1.165, 1.54) is 48.5 Å². The maximum atomic E-state index is 12.7. The fourth-order valence-electron chi connectivity index (χ4n) is 4.37. The van der Waals surface area contributed by atoms with Gasteiger partial charge in [0.1, 0.15) is 54.6 Å². The van der Waals surface area contributed by atoms with Crippen molar-refractivity contribution in [2.45, 2.75) is 61.4 Å². The van der Waals surface area contributed by atoms with Crippen LogP contribution >= 0.6 is 0 Å². The summed E-state index contributed by atoms with van der Waals surface area (Å²) in [6.45, 7) is -1.44. The van der Waals surface area contributed by atoms with Crippen LogP contribution in [0.4, 0.5) is 5.69 Å². The van der Waals surface area contributed by atoms with Crippen molar-refractivity contribution in [3.63, 3.8) is 0 Å². The lowest BCUT2D eigenvalue weighted by atomic mass is 9.97. The van der Waals surface area contributed by atoms with E-state index in [2.05, 4.69) is 0 Å². The zero-order chi connectivity index (χ0) is 29.1. The molecule has 0 radical (unpaired) electrons. The Kier molecular flexibility index (Phi) is 9.42. The zero-order valence-electron chi connectivity index (χ0n) is 20.7. The van der Waals surface area contributed by atoms with E-state index in [-0.39, 0.29) is 22.6 Å². The second kappa shape index (κ2) is 12.6. The molecule has 0 aromatic heterocycles. The number of rotatable bonds is 9. The number of ketones is 1. The molecule has 0 unspecified atom stereocenters. The van der Waals surface area contributed by atoms with Gasteiger partial charge < -0.3 is 54.7 Å². The highest BCUT2D eigenvalue weighted by molar-refractivity contribution is 6.09. The first-order chi connectivity index (χ1) is 19.0. The van der Waals surface area contributed by atoms with E-state index in [0.717, 1.165) is 0 Å². The molecular weight excluding hydrogens is 538 g/mol. The summed E-state index contributed by atoms with van der Waals surface area (Å²) in [7, 11) is 0. The lowest BCUT2D eigenvalue weighted by Crippen LogP contribution is -2.65. The summed E-state index contributed by atoms with van der Waals surface area (Å²) in [4.78, 5) is 22.9. The Bertz CT molecular complexity index is 1160. The monoisotopic (exact) mass is 567 g/mol. The second-order valence-electron chi connectivity index (χ2n) is 9.28. The number of aliphatic hydroxyl groups is 7. The van der Waals surface area contributed by atoms with Gasteiger partial charge in [-0.25, -0.2) is 0 Å². The summed E-state index contributed by atoms with van der Waals surface area (Å²) in [6.07, 6.45) is -15.9. The number of nitro groups is 1. The van der Waals surface area contributed by atoms with Crippen molar-refractivity contribution in [1.29, 1.82) is 0 Å². The molecule has 15 heteroatoms. The molecule has 2 fully saturated rings. The van der Waals surface area contributed by atoms with E-state index in [0.29, 0.717) is 0 Å². The number of benzene rings is 2. The van der Waals surface area contributed by atoms with Crippen LogP contribution in [0.25, 0.3) is 0 Å². The van der Waals surface area contributed by atoms with Crippen molar-refractivity contribution < 1.29 is 64.4 Å². The Morgan fingerprint density at radius 1 is 0.750 bits per heavy atom. The first-order valence-corrected chi connectivity index (χ1v) is 12.2. The van der Waals surface area contributed by atoms with Gasteiger partial charge in [-0.1, -0.05) is 0 Å². The fraction of sp³-hybridized carbons (Fsp3) is 0.480. The Balaban J connectivity index is 1.41. The second-order valence-corrected chi connectivity index (χ2v) is 9.28. The molecule has 0 amide bonds. The van der Waals surface area contributed by atoms with Crippen LogP contribution < -0.4 is 4.74 Å². The standard InChI is InChI=1S/C25H29NO14/c27-9-15-18(30)19(31)21(33)25(38-15)40-23-16(10-28)39-24(22(34)20(23)32)37-14-7-3-12(4-8-14)17(29)11-1-5-13(6-2-11)26(35)36/h1-8,15-16,18-25,27-28,30-34H,9-10H2/t15-,16-,18-,19+,20-,21-,22-,23-,24-,25-/m1/s1. The normalized spacial score (nSPS) is 34.3. The summed E-state index contributed by atoms with van der Waals surface area (Å²) >= 11 is 0. The SMILES string of the molecule is O=C(c1ccc(O[C@@H]2O[C@H](CO)[C@@H](O[C@H]3O[C@H](CO)[C@@H](O)[C@H](O)[C@H]3O)[C@H](O)[C@H]2O)cc1)c1ccc([N+](=O)[O-])cc1. The van der Waals surface area contributed by atoms with Crippen LogP contribution in [-0.4, -0.2) is 121 Å². The third kappa shape index (κ3) is 6.13. The van der Waals surface area contributed by atoms with Gasteiger partial charge in [-0.05, 0) is 36.4 Å². The third-order valence-corrected chi connectivity index (χ3v) is 6.67. The highest BCUT2D eigenvalue weighted by Gasteiger charge is 2.51. The first kappa shape index (κ1) is 29.9. The summed E-state index contributed by atoms with van der Waals surface area (Å²) in [5.41, 5.74) is 0.313. The van der Waals surface area contributed by atoms with Gasteiger partial charge in [-0.2, -0.15) is 0 Å². The highest BCUT2D eigenvalue weighted by Crippen LogP contribution is 2.30. The lowest BCUT2D eigenvalue weighted by molar-refractivity contribution is -0.384. The first-order valence-electron chi connectivity index (χ1n) is 12.2. The van der Waals surface area contributed by atoms with E-state index < -0.39 is 85.3 Å². The van der Waals surface area contributed by atoms with Gasteiger partial charge in [0.15, 0.2) is 12.1 Å². The van der Waals surface area contributed by atoms with Gasteiger partial charge >= 0.3 is 0 Å². The number of carbonyl (C=O) groups excluding carboxylic acids is 1. The highest BCUT2D eigenvalue weighted by atomic mass is 16.7. The van der Waals surface area contributed by atoms with Gasteiger partial charge in [0.2, 0.25) is 6.29 Å². The average molecular weight is 568 g/mol. The number of non-ortho nitro benzene ring substituents is 1. The minimum Gasteiger partial charge on any atom is -0.462 e. The molecule has 2 saturated heterocycles. The van der Waals surface area contributed by atoms with Gasteiger partial charge in [-0.15, -0.1) is 0 Å². The molecule has 4 rings (SSSR count). The molecule has 0 aliphatic carbocycles.